The molecule has 32 heavy (non-hydrogen) atoms. The van der Waals surface area contributed by atoms with Crippen LogP contribution < -0.4 is 9.64 Å². The van der Waals surface area contributed by atoms with Crippen molar-refractivity contribution in [3.63, 3.8) is 0 Å². The fraction of sp³-hybridized carbons (Fsp3) is 0.519. The fourth-order valence-electron chi connectivity index (χ4n) is 4.49. The Balaban J connectivity index is 0.00000141. The van der Waals surface area contributed by atoms with Gasteiger partial charge >= 0.3 is 0 Å². The van der Waals surface area contributed by atoms with Gasteiger partial charge < -0.3 is 19.5 Å². The lowest BCUT2D eigenvalue weighted by Gasteiger charge is -2.34. The highest BCUT2D eigenvalue weighted by molar-refractivity contribution is 6.01. The molecule has 0 saturated carbocycles. The number of aryl methyl sites for hydroxylation is 1. The molecule has 1 unspecified atom stereocenters. The van der Waals surface area contributed by atoms with Gasteiger partial charge in [0.2, 0.25) is 0 Å². The molecule has 2 aromatic carbocycles. The number of nitrogens with zero attached hydrogens (tertiary/aromatic N) is 1. The molecular formula is C27H37NO4. The summed E-state index contributed by atoms with van der Waals surface area (Å²) in [6.07, 6.45) is 3.43. The lowest BCUT2D eigenvalue weighted by molar-refractivity contribution is 0.0120. The maximum Gasteiger partial charge on any atom is 0.170 e. The first-order valence-corrected chi connectivity index (χ1v) is 11.8. The van der Waals surface area contributed by atoms with Crippen molar-refractivity contribution in [2.24, 2.45) is 11.8 Å². The number of ketones is 1. The van der Waals surface area contributed by atoms with Crippen LogP contribution in [0.1, 0.15) is 56.0 Å². The van der Waals surface area contributed by atoms with Gasteiger partial charge in [0, 0.05) is 50.6 Å². The fourth-order valence-corrected chi connectivity index (χ4v) is 4.49. The molecule has 0 radical (unpaired) electrons. The van der Waals surface area contributed by atoms with Crippen molar-refractivity contribution in [2.75, 3.05) is 31.8 Å². The zero-order valence-electron chi connectivity index (χ0n) is 19.8. The molecule has 1 atom stereocenters. The summed E-state index contributed by atoms with van der Waals surface area (Å²) in [5.74, 6) is 1.83. The van der Waals surface area contributed by atoms with Gasteiger partial charge in [0.25, 0.3) is 0 Å². The molecule has 2 heterocycles. The molecule has 1 N–H and O–H groups in total. The van der Waals surface area contributed by atoms with Gasteiger partial charge in [0.1, 0.15) is 11.9 Å². The Morgan fingerprint density at radius 3 is 2.31 bits per heavy atom. The predicted molar refractivity (Wildman–Crippen MR) is 129 cm³/mol. The number of hydrogen-bond acceptors (Lipinski definition) is 5. The Morgan fingerprint density at radius 1 is 1.03 bits per heavy atom. The number of benzene rings is 2. The van der Waals surface area contributed by atoms with E-state index >= 15 is 0 Å². The third-order valence-electron chi connectivity index (χ3n) is 6.24. The molecule has 2 aliphatic rings. The molecule has 0 aliphatic carbocycles. The first-order chi connectivity index (χ1) is 15.5. The predicted octanol–water partition coefficient (Wildman–Crippen LogP) is 5.41. The van der Waals surface area contributed by atoms with Crippen LogP contribution >= 0.6 is 0 Å². The Hall–Kier alpha value is -2.37. The average molecular weight is 440 g/mol. The molecular weight excluding hydrogens is 402 g/mol. The number of aliphatic hydroxyl groups is 1. The maximum atomic E-state index is 13.0. The van der Waals surface area contributed by atoms with Crippen molar-refractivity contribution in [1.29, 1.82) is 0 Å². The standard InChI is InChI=1S/C26H33NO3.CH4O/c1-4-19-5-7-21(8-6-19)27(17-18(2)3)22-9-10-25-23(15-22)24(28)16-26(30-25)20-11-13-29-14-12-20;1-2/h5-10,15,18,20,26H,4,11-14,16-17H2,1-3H3;2H,1H3. The summed E-state index contributed by atoms with van der Waals surface area (Å²) in [5, 5.41) is 7.00. The summed E-state index contributed by atoms with van der Waals surface area (Å²) >= 11 is 0. The summed E-state index contributed by atoms with van der Waals surface area (Å²) in [6, 6.07) is 14.8. The third-order valence-corrected chi connectivity index (χ3v) is 6.24. The van der Waals surface area contributed by atoms with E-state index in [1.165, 1.54) is 5.56 Å². The molecule has 0 bridgehead atoms. The molecule has 0 aromatic heterocycles. The third kappa shape index (κ3) is 5.70. The van der Waals surface area contributed by atoms with Crippen LogP contribution in [0.5, 0.6) is 5.75 Å². The van der Waals surface area contributed by atoms with E-state index < -0.39 is 0 Å². The van der Waals surface area contributed by atoms with Crippen LogP contribution in [0.15, 0.2) is 42.5 Å². The minimum atomic E-state index is -0.0203. The summed E-state index contributed by atoms with van der Waals surface area (Å²) in [4.78, 5) is 15.3. The topological polar surface area (TPSA) is 59.0 Å². The van der Waals surface area contributed by atoms with Crippen LogP contribution in [0.2, 0.25) is 0 Å². The SMILES string of the molecule is CCc1ccc(N(CC(C)C)c2ccc3c(c2)C(=O)CC(C2CCOCC2)O3)cc1.CO. The van der Waals surface area contributed by atoms with Crippen molar-refractivity contribution in [3.8, 4) is 5.75 Å². The van der Waals surface area contributed by atoms with Crippen LogP contribution in [-0.4, -0.2) is 43.9 Å². The van der Waals surface area contributed by atoms with Crippen molar-refractivity contribution in [2.45, 2.75) is 52.6 Å². The molecule has 1 fully saturated rings. The second kappa shape index (κ2) is 11.5. The minimum Gasteiger partial charge on any atom is -0.489 e. The van der Waals surface area contributed by atoms with Crippen molar-refractivity contribution < 1.29 is 19.4 Å². The number of anilines is 2. The van der Waals surface area contributed by atoms with Crippen LogP contribution in [0.25, 0.3) is 0 Å². The molecule has 0 spiro atoms. The highest BCUT2D eigenvalue weighted by Gasteiger charge is 2.33. The summed E-state index contributed by atoms with van der Waals surface area (Å²) < 4.78 is 11.8. The maximum absolute atomic E-state index is 13.0. The highest BCUT2D eigenvalue weighted by Crippen LogP contribution is 2.37. The average Bonchev–Trinajstić information content (AvgIpc) is 2.84. The van der Waals surface area contributed by atoms with Crippen LogP contribution in [0, 0.1) is 11.8 Å². The molecule has 5 nitrogen and oxygen atoms in total. The zero-order chi connectivity index (χ0) is 23.1. The normalized spacial score (nSPS) is 18.4. The van der Waals surface area contributed by atoms with Gasteiger partial charge in [-0.25, -0.2) is 0 Å². The van der Waals surface area contributed by atoms with Crippen molar-refractivity contribution in [1.82, 2.24) is 0 Å². The summed E-state index contributed by atoms with van der Waals surface area (Å²) in [6.45, 7) is 9.04. The number of rotatable bonds is 6. The van der Waals surface area contributed by atoms with Crippen LogP contribution in [-0.2, 0) is 11.2 Å². The lowest BCUT2D eigenvalue weighted by Crippen LogP contribution is -2.37. The number of hydrogen-bond donors (Lipinski definition) is 1. The number of carbonyl (C=O) groups excluding carboxylic acids is 1. The van der Waals surface area contributed by atoms with Gasteiger partial charge in [-0.3, -0.25) is 4.79 Å². The van der Waals surface area contributed by atoms with Gasteiger partial charge in [-0.1, -0.05) is 32.9 Å². The molecule has 2 aliphatic heterocycles. The zero-order valence-corrected chi connectivity index (χ0v) is 19.8. The van der Waals surface area contributed by atoms with E-state index in [1.807, 2.05) is 12.1 Å². The van der Waals surface area contributed by atoms with Crippen LogP contribution in [0.4, 0.5) is 11.4 Å². The Labute approximate surface area is 192 Å². The Kier molecular flexibility index (Phi) is 8.71. The molecule has 1 saturated heterocycles. The smallest absolute Gasteiger partial charge is 0.170 e. The monoisotopic (exact) mass is 439 g/mol. The van der Waals surface area contributed by atoms with E-state index in [-0.39, 0.29) is 11.9 Å². The van der Waals surface area contributed by atoms with Crippen LogP contribution in [0.3, 0.4) is 0 Å². The van der Waals surface area contributed by atoms with Gasteiger partial charge in [0.15, 0.2) is 5.78 Å². The molecule has 4 rings (SSSR count). The van der Waals surface area contributed by atoms with E-state index in [0.29, 0.717) is 18.3 Å². The Morgan fingerprint density at radius 2 is 1.69 bits per heavy atom. The molecule has 2 aromatic rings. The van der Waals surface area contributed by atoms with Crippen molar-refractivity contribution >= 4 is 17.2 Å². The number of aliphatic hydroxyl groups excluding tert-OH is 1. The van der Waals surface area contributed by atoms with Gasteiger partial charge in [-0.2, -0.15) is 0 Å². The van der Waals surface area contributed by atoms with Gasteiger partial charge in [-0.15, -0.1) is 0 Å². The first kappa shape index (κ1) is 24.3. The van der Waals surface area contributed by atoms with Gasteiger partial charge in [-0.05, 0) is 61.1 Å². The number of carbonyl (C=O) groups is 1. The largest absolute Gasteiger partial charge is 0.489 e. The van der Waals surface area contributed by atoms with E-state index in [2.05, 4.69) is 56.0 Å². The van der Waals surface area contributed by atoms with Crippen molar-refractivity contribution in [3.05, 3.63) is 53.6 Å². The molecule has 174 valence electrons. The van der Waals surface area contributed by atoms with E-state index in [0.717, 1.165) is 68.8 Å². The van der Waals surface area contributed by atoms with E-state index in [1.54, 1.807) is 0 Å². The highest BCUT2D eigenvalue weighted by atomic mass is 16.5. The number of ether oxygens (including phenoxy) is 2. The second-order valence-corrected chi connectivity index (χ2v) is 8.94. The number of fused-ring (bicyclic) bond motifs is 1. The minimum absolute atomic E-state index is 0.0203. The first-order valence-electron chi connectivity index (χ1n) is 11.8. The van der Waals surface area contributed by atoms with E-state index in [4.69, 9.17) is 14.6 Å². The quantitative estimate of drug-likeness (QED) is 0.652. The lowest BCUT2D eigenvalue weighted by atomic mass is 9.87. The second-order valence-electron chi connectivity index (χ2n) is 8.94. The van der Waals surface area contributed by atoms with E-state index in [9.17, 15) is 4.79 Å². The molecule has 5 heteroatoms. The Bertz CT molecular complexity index is 872. The summed E-state index contributed by atoms with van der Waals surface area (Å²) in [7, 11) is 1.00. The molecule has 0 amide bonds. The van der Waals surface area contributed by atoms with Gasteiger partial charge in [0.05, 0.1) is 5.56 Å². The summed E-state index contributed by atoms with van der Waals surface area (Å²) in [5.41, 5.74) is 4.25. The number of Topliss-reactive ketones (excluding diaryl/α,β-unsaturated/α-hetero) is 1.